The third kappa shape index (κ3) is 2.18. The molecule has 0 radical (unpaired) electrons. The molecule has 3 rings (SSSR count). The summed E-state index contributed by atoms with van der Waals surface area (Å²) in [5.41, 5.74) is 1.34. The lowest BCUT2D eigenvalue weighted by molar-refractivity contribution is 0.909. The molecule has 2 N–H and O–H groups in total. The van der Waals surface area contributed by atoms with Gasteiger partial charge in [0.2, 0.25) is 5.28 Å². The Hall–Kier alpha value is -1.99. The molecule has 0 saturated carbocycles. The first-order valence-corrected chi connectivity index (χ1v) is 6.24. The second kappa shape index (κ2) is 4.60. The van der Waals surface area contributed by atoms with E-state index in [1.54, 1.807) is 10.8 Å². The summed E-state index contributed by atoms with van der Waals surface area (Å²) in [6.45, 7) is 0. The molecule has 3 aromatic heterocycles. The van der Waals surface area contributed by atoms with Gasteiger partial charge in [-0.05, 0) is 36.0 Å². The summed E-state index contributed by atoms with van der Waals surface area (Å²) in [7, 11) is 1.81. The van der Waals surface area contributed by atoms with Gasteiger partial charge in [0, 0.05) is 13.2 Å². The predicted octanol–water partition coefficient (Wildman–Crippen LogP) is 2.82. The van der Waals surface area contributed by atoms with Crippen LogP contribution in [0, 0.1) is 4.77 Å². The third-order valence-electron chi connectivity index (χ3n) is 2.63. The Labute approximate surface area is 118 Å². The largest absolute Gasteiger partial charge is 0.326 e. The average molecular weight is 293 g/mol. The molecule has 6 nitrogen and oxygen atoms in total. The summed E-state index contributed by atoms with van der Waals surface area (Å²) in [5, 5.41) is 3.24. The molecule has 0 fully saturated rings. The van der Waals surface area contributed by atoms with E-state index in [9.17, 15) is 0 Å². The molecular weight excluding hydrogens is 284 g/mol. The Kier molecular flexibility index (Phi) is 2.92. The van der Waals surface area contributed by atoms with Crippen molar-refractivity contribution >= 4 is 46.6 Å². The number of aromatic nitrogens is 5. The van der Waals surface area contributed by atoms with E-state index in [4.69, 9.17) is 23.8 Å². The van der Waals surface area contributed by atoms with Gasteiger partial charge in [0.1, 0.15) is 11.3 Å². The van der Waals surface area contributed by atoms with Crippen molar-refractivity contribution in [2.24, 2.45) is 7.05 Å². The Bertz CT molecular complexity index is 794. The Morgan fingerprint density at radius 2 is 2.21 bits per heavy atom. The van der Waals surface area contributed by atoms with E-state index < -0.39 is 0 Å². The predicted molar refractivity (Wildman–Crippen MR) is 76.2 cm³/mol. The molecule has 3 aromatic rings. The SMILES string of the molecule is Cn1c(=S)[nH]c2c(Nc3ccccn3)nc(Cl)nc21. The molecule has 0 aliphatic rings. The maximum atomic E-state index is 5.93. The number of nitrogens with one attached hydrogen (secondary N) is 2. The maximum Gasteiger partial charge on any atom is 0.226 e. The highest BCUT2D eigenvalue weighted by molar-refractivity contribution is 7.71. The summed E-state index contributed by atoms with van der Waals surface area (Å²) in [6, 6.07) is 5.55. The van der Waals surface area contributed by atoms with Crippen molar-refractivity contribution in [2.45, 2.75) is 0 Å². The van der Waals surface area contributed by atoms with E-state index in [0.29, 0.717) is 27.6 Å². The van der Waals surface area contributed by atoms with Crippen LogP contribution in [0.3, 0.4) is 0 Å². The van der Waals surface area contributed by atoms with Crippen molar-refractivity contribution in [1.82, 2.24) is 24.5 Å². The van der Waals surface area contributed by atoms with Crippen molar-refractivity contribution in [3.63, 3.8) is 0 Å². The van der Waals surface area contributed by atoms with Gasteiger partial charge in [0.15, 0.2) is 16.2 Å². The zero-order valence-electron chi connectivity index (χ0n) is 9.88. The topological polar surface area (TPSA) is 71.4 Å². The number of anilines is 2. The molecule has 0 atom stereocenters. The Morgan fingerprint density at radius 1 is 1.37 bits per heavy atom. The molecule has 0 aliphatic carbocycles. The number of fused-ring (bicyclic) bond motifs is 1. The number of rotatable bonds is 2. The van der Waals surface area contributed by atoms with Gasteiger partial charge >= 0.3 is 0 Å². The molecule has 0 aliphatic heterocycles. The number of nitrogens with zero attached hydrogens (tertiary/aromatic N) is 4. The van der Waals surface area contributed by atoms with E-state index in [2.05, 4.69) is 25.3 Å². The fraction of sp³-hybridized carbons (Fsp3) is 0.0909. The van der Waals surface area contributed by atoms with E-state index >= 15 is 0 Å². The van der Waals surface area contributed by atoms with Gasteiger partial charge in [-0.1, -0.05) is 6.07 Å². The fourth-order valence-corrected chi connectivity index (χ4v) is 2.07. The van der Waals surface area contributed by atoms with Gasteiger partial charge in [-0.3, -0.25) is 0 Å². The van der Waals surface area contributed by atoms with Crippen molar-refractivity contribution in [3.8, 4) is 0 Å². The first-order valence-electron chi connectivity index (χ1n) is 5.45. The van der Waals surface area contributed by atoms with Crippen LogP contribution in [0.25, 0.3) is 11.2 Å². The minimum absolute atomic E-state index is 0.149. The first-order chi connectivity index (χ1) is 9.15. The number of halogens is 1. The van der Waals surface area contributed by atoms with E-state index in [0.717, 1.165) is 0 Å². The molecule has 0 bridgehead atoms. The van der Waals surface area contributed by atoms with E-state index in [1.165, 1.54) is 0 Å². The lowest BCUT2D eigenvalue weighted by Gasteiger charge is -2.05. The van der Waals surface area contributed by atoms with Crippen LogP contribution in [0.1, 0.15) is 0 Å². The maximum absolute atomic E-state index is 5.93. The molecule has 0 spiro atoms. The van der Waals surface area contributed by atoms with Gasteiger partial charge in [0.05, 0.1) is 0 Å². The summed E-state index contributed by atoms with van der Waals surface area (Å²) in [5.74, 6) is 1.21. The molecule has 19 heavy (non-hydrogen) atoms. The van der Waals surface area contributed by atoms with Gasteiger partial charge in [0.25, 0.3) is 0 Å². The zero-order valence-corrected chi connectivity index (χ0v) is 11.5. The number of H-pyrrole nitrogens is 1. The Morgan fingerprint density at radius 3 is 2.95 bits per heavy atom. The highest BCUT2D eigenvalue weighted by atomic mass is 35.5. The van der Waals surface area contributed by atoms with Crippen molar-refractivity contribution in [2.75, 3.05) is 5.32 Å². The van der Waals surface area contributed by atoms with Crippen LogP contribution in [0.5, 0.6) is 0 Å². The normalized spacial score (nSPS) is 10.8. The van der Waals surface area contributed by atoms with Gasteiger partial charge in [-0.25, -0.2) is 4.98 Å². The molecule has 8 heteroatoms. The van der Waals surface area contributed by atoms with E-state index in [1.807, 2.05) is 25.2 Å². The number of imidazole rings is 1. The second-order valence-electron chi connectivity index (χ2n) is 3.87. The lowest BCUT2D eigenvalue weighted by atomic mass is 10.4. The minimum atomic E-state index is 0.149. The molecule has 3 heterocycles. The molecule has 0 unspecified atom stereocenters. The van der Waals surface area contributed by atoms with Crippen molar-refractivity contribution in [1.29, 1.82) is 0 Å². The highest BCUT2D eigenvalue weighted by Crippen LogP contribution is 2.23. The van der Waals surface area contributed by atoms with E-state index in [-0.39, 0.29) is 5.28 Å². The number of pyridine rings is 1. The summed E-state index contributed by atoms with van der Waals surface area (Å²) >= 11 is 11.1. The van der Waals surface area contributed by atoms with Crippen LogP contribution in [0.4, 0.5) is 11.6 Å². The average Bonchev–Trinajstić information content (AvgIpc) is 2.68. The number of hydrogen-bond donors (Lipinski definition) is 2. The standard InChI is InChI=1S/C11H9ClN6S/c1-18-9-7(15-11(18)19)8(16-10(12)17-9)14-6-4-2-3-5-13-6/h2-5H,1H3,(H,15,19)(H,13,14,16,17). The minimum Gasteiger partial charge on any atom is -0.326 e. The Balaban J connectivity index is 2.18. The third-order valence-corrected chi connectivity index (χ3v) is 3.17. The van der Waals surface area contributed by atoms with Gasteiger partial charge < -0.3 is 14.9 Å². The van der Waals surface area contributed by atoms with Crippen LogP contribution in [0.15, 0.2) is 24.4 Å². The second-order valence-corrected chi connectivity index (χ2v) is 4.59. The zero-order chi connectivity index (χ0) is 13.4. The van der Waals surface area contributed by atoms with Crippen LogP contribution in [0.2, 0.25) is 5.28 Å². The monoisotopic (exact) mass is 292 g/mol. The lowest BCUT2D eigenvalue weighted by Crippen LogP contribution is -1.99. The summed E-state index contributed by atoms with van der Waals surface area (Å²) < 4.78 is 2.29. The van der Waals surface area contributed by atoms with Crippen molar-refractivity contribution in [3.05, 3.63) is 34.5 Å². The number of aromatic amines is 1. The smallest absolute Gasteiger partial charge is 0.226 e. The molecular formula is C11H9ClN6S. The van der Waals surface area contributed by atoms with Crippen molar-refractivity contribution < 1.29 is 0 Å². The molecule has 0 saturated heterocycles. The molecule has 0 amide bonds. The summed E-state index contributed by atoms with van der Waals surface area (Å²) in [6.07, 6.45) is 1.69. The van der Waals surface area contributed by atoms with Crippen LogP contribution in [-0.4, -0.2) is 24.5 Å². The van der Waals surface area contributed by atoms with Gasteiger partial charge in [-0.2, -0.15) is 9.97 Å². The van der Waals surface area contributed by atoms with Crippen LogP contribution >= 0.6 is 23.8 Å². The van der Waals surface area contributed by atoms with Crippen LogP contribution in [-0.2, 0) is 7.05 Å². The quantitative estimate of drug-likeness (QED) is 0.561. The van der Waals surface area contributed by atoms with Crippen LogP contribution < -0.4 is 5.32 Å². The van der Waals surface area contributed by atoms with Gasteiger partial charge in [-0.15, -0.1) is 0 Å². The number of hydrogen-bond acceptors (Lipinski definition) is 5. The highest BCUT2D eigenvalue weighted by Gasteiger charge is 2.11. The molecule has 0 aromatic carbocycles. The summed E-state index contributed by atoms with van der Waals surface area (Å²) in [4.78, 5) is 15.5. The first kappa shape index (κ1) is 12.1. The molecule has 96 valence electrons. The fourth-order valence-electron chi connectivity index (χ4n) is 1.72. The number of aryl methyl sites for hydroxylation is 1.